The van der Waals surface area contributed by atoms with Gasteiger partial charge in [-0.2, -0.15) is 0 Å². The van der Waals surface area contributed by atoms with Crippen LogP contribution >= 0.6 is 0 Å². The van der Waals surface area contributed by atoms with E-state index in [1.54, 1.807) is 27.7 Å². The molecule has 1 saturated carbocycles. The third kappa shape index (κ3) is 5.34. The molecule has 2 N–H and O–H groups in total. The van der Waals surface area contributed by atoms with Crippen molar-refractivity contribution in [2.75, 3.05) is 6.61 Å². The Balaban J connectivity index is 1.77. The van der Waals surface area contributed by atoms with Gasteiger partial charge >= 0.3 is 6.09 Å². The molecule has 0 spiro atoms. The molecule has 7 nitrogen and oxygen atoms in total. The molecule has 0 radical (unpaired) electrons. The molecule has 1 aliphatic carbocycles. The molecule has 1 saturated heterocycles. The maximum Gasteiger partial charge on any atom is 0.408 e. The number of ether oxygens (including phenoxy) is 3. The Hall–Kier alpha value is -1.34. The van der Waals surface area contributed by atoms with Crippen LogP contribution in [0.4, 0.5) is 4.79 Å². The number of rotatable bonds is 7. The lowest BCUT2D eigenvalue weighted by atomic mass is 10.1. The predicted molar refractivity (Wildman–Crippen MR) is 88.4 cm³/mol. The topological polar surface area (TPSA) is 89.2 Å². The molecule has 2 amide bonds. The largest absolute Gasteiger partial charge is 0.444 e. The first-order valence-corrected chi connectivity index (χ1v) is 8.61. The molecule has 24 heavy (non-hydrogen) atoms. The number of amides is 2. The second kappa shape index (κ2) is 6.88. The second-order valence-electron chi connectivity index (χ2n) is 8.17. The summed E-state index contributed by atoms with van der Waals surface area (Å²) >= 11 is 0. The van der Waals surface area contributed by atoms with E-state index in [4.69, 9.17) is 14.2 Å². The monoisotopic (exact) mass is 342 g/mol. The number of nitrogens with one attached hydrogen (secondary N) is 2. The van der Waals surface area contributed by atoms with E-state index in [0.717, 1.165) is 12.8 Å². The fourth-order valence-electron chi connectivity index (χ4n) is 2.42. The zero-order chi connectivity index (χ0) is 18.1. The van der Waals surface area contributed by atoms with Crippen molar-refractivity contribution in [3.05, 3.63) is 0 Å². The molecule has 0 bridgehead atoms. The van der Waals surface area contributed by atoms with E-state index in [2.05, 4.69) is 24.5 Å². The Labute approximate surface area is 143 Å². The number of epoxide rings is 1. The molecule has 0 aromatic rings. The predicted octanol–water partition coefficient (Wildman–Crippen LogP) is 1.95. The van der Waals surface area contributed by atoms with Crippen LogP contribution in [-0.4, -0.2) is 48.2 Å². The van der Waals surface area contributed by atoms with E-state index in [0.29, 0.717) is 12.5 Å². The number of hydrogen-bond acceptors (Lipinski definition) is 5. The van der Waals surface area contributed by atoms with Crippen LogP contribution in [0.3, 0.4) is 0 Å². The summed E-state index contributed by atoms with van der Waals surface area (Å²) in [5, 5.41) is 5.55. The number of carbonyl (C=O) groups excluding carboxylic acids is 2. The van der Waals surface area contributed by atoms with Crippen molar-refractivity contribution < 1.29 is 23.8 Å². The minimum absolute atomic E-state index is 0.0890. The highest BCUT2D eigenvalue weighted by molar-refractivity contribution is 5.86. The van der Waals surface area contributed by atoms with E-state index in [1.807, 2.05) is 0 Å². The van der Waals surface area contributed by atoms with Gasteiger partial charge in [-0.25, -0.2) is 4.79 Å². The fourth-order valence-corrected chi connectivity index (χ4v) is 2.42. The van der Waals surface area contributed by atoms with Crippen LogP contribution in [0.15, 0.2) is 0 Å². The van der Waals surface area contributed by atoms with Crippen molar-refractivity contribution in [3.63, 3.8) is 0 Å². The minimum atomic E-state index is -0.675. The van der Waals surface area contributed by atoms with Crippen LogP contribution in [-0.2, 0) is 19.0 Å². The van der Waals surface area contributed by atoms with Crippen molar-refractivity contribution in [2.45, 2.75) is 84.0 Å². The van der Waals surface area contributed by atoms with Crippen LogP contribution in [0, 0.1) is 5.92 Å². The summed E-state index contributed by atoms with van der Waals surface area (Å²) in [5.74, 6) is 0.203. The Morgan fingerprint density at radius 3 is 2.38 bits per heavy atom. The molecule has 1 heterocycles. The zero-order valence-corrected chi connectivity index (χ0v) is 15.5. The summed E-state index contributed by atoms with van der Waals surface area (Å²) in [5.41, 5.74) is -0.941. The van der Waals surface area contributed by atoms with Gasteiger partial charge in [0.2, 0.25) is 5.91 Å². The van der Waals surface area contributed by atoms with Gasteiger partial charge in [-0.3, -0.25) is 4.79 Å². The van der Waals surface area contributed by atoms with E-state index in [1.165, 1.54) is 0 Å². The Morgan fingerprint density at radius 2 is 1.88 bits per heavy atom. The third-order valence-electron chi connectivity index (χ3n) is 3.88. The Morgan fingerprint density at radius 1 is 1.25 bits per heavy atom. The molecule has 1 aliphatic heterocycles. The van der Waals surface area contributed by atoms with E-state index in [-0.39, 0.29) is 23.8 Å². The normalized spacial score (nSPS) is 25.8. The van der Waals surface area contributed by atoms with Gasteiger partial charge in [-0.15, -0.1) is 0 Å². The molecule has 7 heteroatoms. The molecule has 138 valence electrons. The van der Waals surface area contributed by atoms with Crippen molar-refractivity contribution in [1.82, 2.24) is 10.6 Å². The lowest BCUT2D eigenvalue weighted by molar-refractivity contribution is -0.124. The highest BCUT2D eigenvalue weighted by Gasteiger charge is 2.63. The van der Waals surface area contributed by atoms with Gasteiger partial charge in [0.15, 0.2) is 6.29 Å². The van der Waals surface area contributed by atoms with Gasteiger partial charge in [-0.05, 0) is 46.5 Å². The molecule has 2 unspecified atom stereocenters. The van der Waals surface area contributed by atoms with Crippen molar-refractivity contribution in [1.29, 1.82) is 0 Å². The molecule has 3 atom stereocenters. The molecular weight excluding hydrogens is 312 g/mol. The first kappa shape index (κ1) is 19.0. The first-order valence-electron chi connectivity index (χ1n) is 8.61. The van der Waals surface area contributed by atoms with E-state index < -0.39 is 17.7 Å². The standard InChI is InChI=1S/C17H30N2O5/c1-10(2)9-22-14-12(23-14)17(7-8-17)19-13(20)11(3)18-15(21)24-16(4,5)6/h10-12,14H,7-9H2,1-6H3,(H,18,21)(H,19,20)/t11-,12?,14?/m0/s1. The molecule has 2 aliphatic rings. The number of alkyl carbamates (subject to hydrolysis) is 1. The van der Waals surface area contributed by atoms with E-state index >= 15 is 0 Å². The number of carbonyl (C=O) groups is 2. The van der Waals surface area contributed by atoms with Crippen LogP contribution in [0.5, 0.6) is 0 Å². The Bertz CT molecular complexity index is 482. The smallest absolute Gasteiger partial charge is 0.408 e. The quantitative estimate of drug-likeness (QED) is 0.690. The van der Waals surface area contributed by atoms with Gasteiger partial charge < -0.3 is 24.8 Å². The van der Waals surface area contributed by atoms with Crippen LogP contribution in [0.1, 0.15) is 54.4 Å². The third-order valence-corrected chi connectivity index (χ3v) is 3.88. The molecule has 0 aromatic carbocycles. The summed E-state index contributed by atoms with van der Waals surface area (Å²) in [6.45, 7) is 11.8. The maximum absolute atomic E-state index is 12.3. The van der Waals surface area contributed by atoms with Crippen molar-refractivity contribution >= 4 is 12.0 Å². The lowest BCUT2D eigenvalue weighted by Crippen LogP contribution is -2.51. The lowest BCUT2D eigenvalue weighted by Gasteiger charge is -2.23. The van der Waals surface area contributed by atoms with Crippen molar-refractivity contribution in [3.8, 4) is 0 Å². The summed E-state index contributed by atoms with van der Waals surface area (Å²) in [6.07, 6.45) is 0.808. The SMILES string of the molecule is CC(C)COC1OC1C1(NC(=O)[C@H](C)NC(=O)OC(C)(C)C)CC1. The van der Waals surface area contributed by atoms with E-state index in [9.17, 15) is 9.59 Å². The van der Waals surface area contributed by atoms with Gasteiger partial charge in [0.25, 0.3) is 0 Å². The van der Waals surface area contributed by atoms with Crippen LogP contribution in [0.25, 0.3) is 0 Å². The summed E-state index contributed by atoms with van der Waals surface area (Å²) in [7, 11) is 0. The molecule has 0 aromatic heterocycles. The summed E-state index contributed by atoms with van der Waals surface area (Å²) < 4.78 is 16.4. The molecule has 2 rings (SSSR count). The summed E-state index contributed by atoms with van der Waals surface area (Å²) in [4.78, 5) is 24.1. The minimum Gasteiger partial charge on any atom is -0.444 e. The van der Waals surface area contributed by atoms with Gasteiger partial charge in [-0.1, -0.05) is 13.8 Å². The number of hydrogen-bond donors (Lipinski definition) is 2. The maximum atomic E-state index is 12.3. The van der Waals surface area contributed by atoms with Gasteiger partial charge in [0.1, 0.15) is 17.7 Å². The van der Waals surface area contributed by atoms with Crippen LogP contribution < -0.4 is 10.6 Å². The average Bonchev–Trinajstić information content (AvgIpc) is 3.28. The average molecular weight is 342 g/mol. The highest BCUT2D eigenvalue weighted by atomic mass is 16.8. The van der Waals surface area contributed by atoms with Gasteiger partial charge in [0.05, 0.1) is 12.1 Å². The molecular formula is C17H30N2O5. The first-order chi connectivity index (χ1) is 11.0. The van der Waals surface area contributed by atoms with Crippen LogP contribution in [0.2, 0.25) is 0 Å². The fraction of sp³-hybridized carbons (Fsp3) is 0.882. The zero-order valence-electron chi connectivity index (χ0n) is 15.5. The molecule has 2 fully saturated rings. The second-order valence-corrected chi connectivity index (χ2v) is 8.17. The van der Waals surface area contributed by atoms with Gasteiger partial charge in [0, 0.05) is 0 Å². The Kier molecular flexibility index (Phi) is 5.44. The highest BCUT2D eigenvalue weighted by Crippen LogP contribution is 2.49. The van der Waals surface area contributed by atoms with Crippen molar-refractivity contribution in [2.24, 2.45) is 5.92 Å². The summed E-state index contributed by atoms with van der Waals surface area (Å²) in [6, 6.07) is -0.675.